The molecule has 2 aliphatic rings. The van der Waals surface area contributed by atoms with Crippen molar-refractivity contribution in [1.29, 1.82) is 0 Å². The Hall–Kier alpha value is -3.29. The van der Waals surface area contributed by atoms with Crippen LogP contribution < -0.4 is 5.32 Å². The number of rotatable bonds is 3. The molecule has 0 fully saturated rings. The van der Waals surface area contributed by atoms with Crippen LogP contribution in [0.5, 0.6) is 0 Å². The molecule has 0 saturated heterocycles. The van der Waals surface area contributed by atoms with E-state index in [4.69, 9.17) is 0 Å². The zero-order valence-electron chi connectivity index (χ0n) is 17.4. The van der Waals surface area contributed by atoms with E-state index in [1.54, 1.807) is 13.1 Å². The second-order valence-corrected chi connectivity index (χ2v) is 8.02. The zero-order chi connectivity index (χ0) is 22.5. The van der Waals surface area contributed by atoms with E-state index < -0.39 is 17.8 Å². The lowest BCUT2D eigenvalue weighted by molar-refractivity contribution is -0.137. The maximum absolute atomic E-state index is 13.3. The maximum Gasteiger partial charge on any atom is 0.416 e. The van der Waals surface area contributed by atoms with E-state index in [0.717, 1.165) is 28.8 Å². The Labute approximate surface area is 178 Å². The third-order valence-corrected chi connectivity index (χ3v) is 5.80. The highest BCUT2D eigenvalue weighted by Crippen LogP contribution is 2.37. The number of carbonyl (C=O) groups is 2. The van der Waals surface area contributed by atoms with Gasteiger partial charge in [0.1, 0.15) is 0 Å². The predicted octanol–water partition coefficient (Wildman–Crippen LogP) is 4.31. The van der Waals surface area contributed by atoms with Crippen molar-refractivity contribution < 1.29 is 22.8 Å². The van der Waals surface area contributed by atoms with Gasteiger partial charge in [0.15, 0.2) is 0 Å². The second-order valence-electron chi connectivity index (χ2n) is 8.02. The number of nitrogens with one attached hydrogen (secondary N) is 1. The molecule has 2 aromatic rings. The lowest BCUT2D eigenvalue weighted by atomic mass is 9.91. The molecule has 2 heterocycles. The fourth-order valence-electron chi connectivity index (χ4n) is 4.20. The van der Waals surface area contributed by atoms with Crippen molar-refractivity contribution in [3.05, 3.63) is 81.6 Å². The van der Waals surface area contributed by atoms with Gasteiger partial charge in [0.05, 0.1) is 29.4 Å². The van der Waals surface area contributed by atoms with Crippen LogP contribution in [0, 0.1) is 13.8 Å². The van der Waals surface area contributed by atoms with Gasteiger partial charge in [0, 0.05) is 13.6 Å². The fraction of sp³-hybridized carbons (Fsp3) is 0.304. The fourth-order valence-corrected chi connectivity index (χ4v) is 4.20. The standard InChI is InChI=1S/C23H22F3N3O2/c1-13-7-8-17(14(2)9-13)20-19-18(28(3)22(31)27-20)12-29(21(19)30)11-15-5-4-6-16(10-15)23(24,25)26/h4-10,20H,11-12H2,1-3H3,(H,27,31)/t20-/m1/s1. The van der Waals surface area contributed by atoms with Crippen LogP contribution in [0.25, 0.3) is 0 Å². The van der Waals surface area contributed by atoms with Crippen molar-refractivity contribution in [3.63, 3.8) is 0 Å². The lowest BCUT2D eigenvalue weighted by Crippen LogP contribution is -2.45. The van der Waals surface area contributed by atoms with Crippen LogP contribution in [-0.4, -0.2) is 35.3 Å². The molecule has 0 aromatic heterocycles. The maximum atomic E-state index is 13.3. The van der Waals surface area contributed by atoms with E-state index in [1.165, 1.54) is 15.9 Å². The average molecular weight is 429 g/mol. The van der Waals surface area contributed by atoms with Gasteiger partial charge in [-0.3, -0.25) is 9.69 Å². The Morgan fingerprint density at radius 3 is 2.52 bits per heavy atom. The Morgan fingerprint density at radius 1 is 1.10 bits per heavy atom. The minimum absolute atomic E-state index is 0.0252. The molecule has 31 heavy (non-hydrogen) atoms. The Morgan fingerprint density at radius 2 is 1.84 bits per heavy atom. The van der Waals surface area contributed by atoms with Crippen LogP contribution in [0.2, 0.25) is 0 Å². The van der Waals surface area contributed by atoms with Crippen molar-refractivity contribution >= 4 is 11.9 Å². The molecule has 1 N–H and O–H groups in total. The molecule has 3 amide bonds. The average Bonchev–Trinajstić information content (AvgIpc) is 3.01. The predicted molar refractivity (Wildman–Crippen MR) is 109 cm³/mol. The SMILES string of the molecule is Cc1ccc([C@H]2NC(=O)N(C)C3=C2C(=O)N(Cc2cccc(C(F)(F)F)c2)C3)c(C)c1. The molecule has 0 saturated carbocycles. The molecule has 4 rings (SSSR count). The minimum atomic E-state index is -4.45. The molecular weight excluding hydrogens is 407 g/mol. The van der Waals surface area contributed by atoms with E-state index in [0.29, 0.717) is 16.8 Å². The summed E-state index contributed by atoms with van der Waals surface area (Å²) in [5.41, 5.74) is 3.51. The van der Waals surface area contributed by atoms with Crippen LogP contribution in [-0.2, 0) is 17.5 Å². The zero-order valence-corrected chi connectivity index (χ0v) is 17.4. The summed E-state index contributed by atoms with van der Waals surface area (Å²) < 4.78 is 39.2. The number of hydrogen-bond acceptors (Lipinski definition) is 2. The van der Waals surface area contributed by atoms with E-state index >= 15 is 0 Å². The van der Waals surface area contributed by atoms with Crippen molar-refractivity contribution in [2.45, 2.75) is 32.6 Å². The monoisotopic (exact) mass is 429 g/mol. The van der Waals surface area contributed by atoms with Gasteiger partial charge in [-0.15, -0.1) is 0 Å². The van der Waals surface area contributed by atoms with Crippen LogP contribution in [0.4, 0.5) is 18.0 Å². The summed E-state index contributed by atoms with van der Waals surface area (Å²) in [6, 6.07) is 9.85. The molecule has 5 nitrogen and oxygen atoms in total. The molecule has 0 spiro atoms. The van der Waals surface area contributed by atoms with Gasteiger partial charge in [-0.25, -0.2) is 4.79 Å². The van der Waals surface area contributed by atoms with Crippen LogP contribution in [0.15, 0.2) is 53.7 Å². The summed E-state index contributed by atoms with van der Waals surface area (Å²) in [5, 5.41) is 2.89. The molecule has 162 valence electrons. The largest absolute Gasteiger partial charge is 0.416 e. The molecule has 0 aliphatic carbocycles. The third-order valence-electron chi connectivity index (χ3n) is 5.80. The van der Waals surface area contributed by atoms with E-state index in [-0.39, 0.29) is 25.0 Å². The highest BCUT2D eigenvalue weighted by molar-refractivity contribution is 6.01. The topological polar surface area (TPSA) is 52.7 Å². The van der Waals surface area contributed by atoms with Crippen molar-refractivity contribution in [1.82, 2.24) is 15.1 Å². The van der Waals surface area contributed by atoms with E-state index in [1.807, 2.05) is 32.0 Å². The Bertz CT molecular complexity index is 1110. The molecule has 2 aromatic carbocycles. The molecule has 0 unspecified atom stereocenters. The molecule has 0 radical (unpaired) electrons. The lowest BCUT2D eigenvalue weighted by Gasteiger charge is -2.31. The number of halogens is 3. The highest BCUT2D eigenvalue weighted by Gasteiger charge is 2.43. The summed E-state index contributed by atoms with van der Waals surface area (Å²) in [6.45, 7) is 4.08. The van der Waals surface area contributed by atoms with E-state index in [2.05, 4.69) is 5.32 Å². The summed E-state index contributed by atoms with van der Waals surface area (Å²) in [7, 11) is 1.59. The van der Waals surface area contributed by atoms with Crippen LogP contribution in [0.3, 0.4) is 0 Å². The highest BCUT2D eigenvalue weighted by atomic mass is 19.4. The number of benzene rings is 2. The molecule has 0 bridgehead atoms. The molecule has 2 aliphatic heterocycles. The quantitative estimate of drug-likeness (QED) is 0.790. The van der Waals surface area contributed by atoms with Gasteiger partial charge in [-0.05, 0) is 42.7 Å². The number of amides is 3. The smallest absolute Gasteiger partial charge is 0.329 e. The molecular formula is C23H22F3N3O2. The number of likely N-dealkylation sites (N-methyl/N-ethyl adjacent to an activating group) is 1. The first-order chi connectivity index (χ1) is 14.6. The van der Waals surface area contributed by atoms with Gasteiger partial charge in [0.2, 0.25) is 0 Å². The number of carbonyl (C=O) groups excluding carboxylic acids is 2. The number of hydrogen-bond donors (Lipinski definition) is 1. The van der Waals surface area contributed by atoms with Gasteiger partial charge in [0.25, 0.3) is 5.91 Å². The van der Waals surface area contributed by atoms with E-state index in [9.17, 15) is 22.8 Å². The first-order valence-electron chi connectivity index (χ1n) is 9.86. The van der Waals surface area contributed by atoms with Gasteiger partial charge >= 0.3 is 12.2 Å². The van der Waals surface area contributed by atoms with Crippen molar-refractivity contribution in [2.24, 2.45) is 0 Å². The Kier molecular flexibility index (Phi) is 5.03. The third kappa shape index (κ3) is 3.78. The summed E-state index contributed by atoms with van der Waals surface area (Å²) >= 11 is 0. The second kappa shape index (κ2) is 7.44. The van der Waals surface area contributed by atoms with Crippen molar-refractivity contribution in [3.8, 4) is 0 Å². The number of urea groups is 1. The summed E-state index contributed by atoms with van der Waals surface area (Å²) in [5.74, 6) is -0.288. The Balaban J connectivity index is 1.66. The van der Waals surface area contributed by atoms with Gasteiger partial charge in [-0.2, -0.15) is 13.2 Å². The normalized spacial score (nSPS) is 19.1. The summed E-state index contributed by atoms with van der Waals surface area (Å²) in [6.07, 6.45) is -4.45. The van der Waals surface area contributed by atoms with Gasteiger partial charge < -0.3 is 10.2 Å². The molecule has 1 atom stereocenters. The number of alkyl halides is 3. The number of nitrogens with zero attached hydrogens (tertiary/aromatic N) is 2. The van der Waals surface area contributed by atoms with Crippen LogP contribution >= 0.6 is 0 Å². The van der Waals surface area contributed by atoms with Crippen molar-refractivity contribution in [2.75, 3.05) is 13.6 Å². The molecule has 8 heteroatoms. The first-order valence-corrected chi connectivity index (χ1v) is 9.86. The van der Waals surface area contributed by atoms with Gasteiger partial charge in [-0.1, -0.05) is 35.9 Å². The first kappa shape index (κ1) is 21.0. The van der Waals surface area contributed by atoms with Crippen LogP contribution in [0.1, 0.15) is 33.9 Å². The number of aryl methyl sites for hydroxylation is 2. The minimum Gasteiger partial charge on any atom is -0.329 e. The summed E-state index contributed by atoms with van der Waals surface area (Å²) in [4.78, 5) is 28.7.